The van der Waals surface area contributed by atoms with E-state index < -0.39 is 10.0 Å². The van der Waals surface area contributed by atoms with E-state index in [0.717, 1.165) is 38.5 Å². The van der Waals surface area contributed by atoms with Gasteiger partial charge in [0.25, 0.3) is 5.91 Å². The molecule has 1 aromatic heterocycles. The molecule has 2 heterocycles. The van der Waals surface area contributed by atoms with Gasteiger partial charge >= 0.3 is 0 Å². The lowest BCUT2D eigenvalue weighted by Gasteiger charge is -2.29. The van der Waals surface area contributed by atoms with Crippen molar-refractivity contribution in [2.24, 2.45) is 5.92 Å². The third-order valence-corrected chi connectivity index (χ3v) is 7.80. The quantitative estimate of drug-likeness (QED) is 0.858. The topological polar surface area (TPSA) is 82.3 Å². The summed E-state index contributed by atoms with van der Waals surface area (Å²) in [7, 11) is -3.56. The highest BCUT2D eigenvalue weighted by atomic mass is 32.2. The number of carbonyl (C=O) groups is 1. The summed E-state index contributed by atoms with van der Waals surface area (Å²) >= 11 is 0. The van der Waals surface area contributed by atoms with Crippen LogP contribution >= 0.6 is 0 Å². The standard InChI is InChI=1S/C18H29N3O3S/c1-12-8-10-21(11-9-12)25(23,24)17-13(2)16(19-14(17)3)18(22)20-15-6-4-5-7-15/h12,15,19H,4-11H2,1-3H3,(H,20,22). The van der Waals surface area contributed by atoms with Gasteiger partial charge in [0, 0.05) is 24.8 Å². The first-order valence-corrected chi connectivity index (χ1v) is 10.7. The van der Waals surface area contributed by atoms with E-state index in [1.807, 2.05) is 0 Å². The van der Waals surface area contributed by atoms with Crippen LogP contribution in [0.3, 0.4) is 0 Å². The molecule has 140 valence electrons. The summed E-state index contributed by atoms with van der Waals surface area (Å²) in [6.07, 6.45) is 6.05. The molecule has 2 aliphatic rings. The van der Waals surface area contributed by atoms with Gasteiger partial charge in [0.15, 0.2) is 0 Å². The van der Waals surface area contributed by atoms with Gasteiger partial charge in [-0.3, -0.25) is 4.79 Å². The maximum atomic E-state index is 13.1. The maximum absolute atomic E-state index is 13.1. The molecule has 1 aliphatic carbocycles. The van der Waals surface area contributed by atoms with Crippen LogP contribution in [0.4, 0.5) is 0 Å². The van der Waals surface area contributed by atoms with Crippen LogP contribution in [0.5, 0.6) is 0 Å². The molecule has 0 spiro atoms. The van der Waals surface area contributed by atoms with Crippen LogP contribution in [0, 0.1) is 19.8 Å². The molecule has 1 saturated carbocycles. The third kappa shape index (κ3) is 3.62. The molecule has 2 N–H and O–H groups in total. The number of nitrogens with one attached hydrogen (secondary N) is 2. The Hall–Kier alpha value is -1.34. The second kappa shape index (κ2) is 7.11. The van der Waals surface area contributed by atoms with Crippen molar-refractivity contribution in [1.82, 2.24) is 14.6 Å². The van der Waals surface area contributed by atoms with Crippen molar-refractivity contribution >= 4 is 15.9 Å². The Kier molecular flexibility index (Phi) is 5.25. The summed E-state index contributed by atoms with van der Waals surface area (Å²) in [5, 5.41) is 3.03. The van der Waals surface area contributed by atoms with Crippen LogP contribution in [0.2, 0.25) is 0 Å². The fourth-order valence-corrected chi connectivity index (χ4v) is 5.91. The van der Waals surface area contributed by atoms with Gasteiger partial charge in [-0.15, -0.1) is 0 Å². The number of rotatable bonds is 4. The van der Waals surface area contributed by atoms with Gasteiger partial charge in [-0.1, -0.05) is 19.8 Å². The van der Waals surface area contributed by atoms with Crippen LogP contribution in [-0.4, -0.2) is 42.7 Å². The number of aromatic amines is 1. The molecule has 1 saturated heterocycles. The number of aromatic nitrogens is 1. The van der Waals surface area contributed by atoms with Gasteiger partial charge < -0.3 is 10.3 Å². The van der Waals surface area contributed by atoms with E-state index >= 15 is 0 Å². The number of H-pyrrole nitrogens is 1. The van der Waals surface area contributed by atoms with Gasteiger partial charge in [0.2, 0.25) is 10.0 Å². The number of piperidine rings is 1. The Morgan fingerprint density at radius 1 is 1.12 bits per heavy atom. The average Bonchev–Trinajstić information content (AvgIpc) is 3.15. The highest BCUT2D eigenvalue weighted by Gasteiger charge is 2.33. The molecule has 0 bridgehead atoms. The second-order valence-electron chi connectivity index (χ2n) is 7.62. The Bertz CT molecular complexity index is 740. The van der Waals surface area contributed by atoms with Crippen LogP contribution in [-0.2, 0) is 10.0 Å². The Morgan fingerprint density at radius 3 is 2.32 bits per heavy atom. The Labute approximate surface area is 150 Å². The van der Waals surface area contributed by atoms with Gasteiger partial charge in [0.1, 0.15) is 10.6 Å². The van der Waals surface area contributed by atoms with Gasteiger partial charge in [-0.25, -0.2) is 8.42 Å². The van der Waals surface area contributed by atoms with Gasteiger partial charge in [-0.05, 0) is 51.0 Å². The summed E-state index contributed by atoms with van der Waals surface area (Å²) in [4.78, 5) is 15.9. The van der Waals surface area contributed by atoms with E-state index in [0.29, 0.717) is 36.0 Å². The molecule has 2 fully saturated rings. The summed E-state index contributed by atoms with van der Waals surface area (Å²) in [5.74, 6) is 0.369. The number of carbonyl (C=O) groups excluding carboxylic acids is 1. The summed E-state index contributed by atoms with van der Waals surface area (Å²) in [6.45, 7) is 6.72. The van der Waals surface area contributed by atoms with E-state index in [-0.39, 0.29) is 16.8 Å². The van der Waals surface area contributed by atoms with Crippen LogP contribution in [0.15, 0.2) is 4.90 Å². The number of hydrogen-bond donors (Lipinski definition) is 2. The predicted molar refractivity (Wildman–Crippen MR) is 97.1 cm³/mol. The first-order valence-electron chi connectivity index (χ1n) is 9.31. The molecule has 1 aliphatic heterocycles. The molecule has 1 amide bonds. The minimum atomic E-state index is -3.56. The third-order valence-electron chi connectivity index (χ3n) is 5.63. The molecular formula is C18H29N3O3S. The molecule has 7 heteroatoms. The Morgan fingerprint density at radius 2 is 1.72 bits per heavy atom. The van der Waals surface area contributed by atoms with Crippen LogP contribution < -0.4 is 5.32 Å². The molecular weight excluding hydrogens is 338 g/mol. The largest absolute Gasteiger partial charge is 0.353 e. The number of hydrogen-bond acceptors (Lipinski definition) is 3. The molecule has 0 atom stereocenters. The van der Waals surface area contributed by atoms with Crippen molar-refractivity contribution in [3.8, 4) is 0 Å². The highest BCUT2D eigenvalue weighted by Crippen LogP contribution is 2.29. The first-order chi connectivity index (χ1) is 11.8. The lowest BCUT2D eigenvalue weighted by Crippen LogP contribution is -2.38. The molecule has 6 nitrogen and oxygen atoms in total. The number of aryl methyl sites for hydroxylation is 1. The SMILES string of the molecule is Cc1[nH]c(C(=O)NC2CCCC2)c(C)c1S(=O)(=O)N1CCC(C)CC1. The molecule has 0 radical (unpaired) electrons. The highest BCUT2D eigenvalue weighted by molar-refractivity contribution is 7.89. The summed E-state index contributed by atoms with van der Waals surface area (Å²) in [5.41, 5.74) is 1.47. The van der Waals surface area contributed by atoms with E-state index in [1.54, 1.807) is 18.2 Å². The average molecular weight is 368 g/mol. The lowest BCUT2D eigenvalue weighted by atomic mass is 10.0. The zero-order valence-electron chi connectivity index (χ0n) is 15.4. The van der Waals surface area contributed by atoms with Crippen molar-refractivity contribution in [2.45, 2.75) is 70.2 Å². The molecule has 0 unspecified atom stereocenters. The molecule has 1 aromatic rings. The Balaban J connectivity index is 1.84. The number of amides is 1. The van der Waals surface area contributed by atoms with E-state index in [9.17, 15) is 13.2 Å². The van der Waals surface area contributed by atoms with Crippen molar-refractivity contribution in [3.63, 3.8) is 0 Å². The minimum Gasteiger partial charge on any atom is -0.353 e. The summed E-state index contributed by atoms with van der Waals surface area (Å²) in [6, 6.07) is 0.208. The molecule has 0 aromatic carbocycles. The number of nitrogens with zero attached hydrogens (tertiary/aromatic N) is 1. The van der Waals surface area contributed by atoms with Crippen molar-refractivity contribution < 1.29 is 13.2 Å². The van der Waals surface area contributed by atoms with Gasteiger partial charge in [0.05, 0.1) is 0 Å². The molecule has 25 heavy (non-hydrogen) atoms. The zero-order valence-corrected chi connectivity index (χ0v) is 16.2. The first kappa shape index (κ1) is 18.5. The minimum absolute atomic E-state index is 0.193. The smallest absolute Gasteiger partial charge is 0.268 e. The summed E-state index contributed by atoms with van der Waals surface area (Å²) < 4.78 is 27.7. The normalized spacial score (nSPS) is 20.9. The van der Waals surface area contributed by atoms with E-state index in [1.165, 1.54) is 0 Å². The van der Waals surface area contributed by atoms with Crippen molar-refractivity contribution in [2.75, 3.05) is 13.1 Å². The van der Waals surface area contributed by atoms with Crippen LogP contribution in [0.1, 0.15) is 67.2 Å². The van der Waals surface area contributed by atoms with Crippen LogP contribution in [0.25, 0.3) is 0 Å². The van der Waals surface area contributed by atoms with Gasteiger partial charge in [-0.2, -0.15) is 4.31 Å². The van der Waals surface area contributed by atoms with E-state index in [4.69, 9.17) is 0 Å². The number of sulfonamides is 1. The zero-order chi connectivity index (χ0) is 18.2. The molecule has 3 rings (SSSR count). The van der Waals surface area contributed by atoms with Crippen molar-refractivity contribution in [1.29, 1.82) is 0 Å². The fourth-order valence-electron chi connectivity index (χ4n) is 4.03. The predicted octanol–water partition coefficient (Wildman–Crippen LogP) is 2.72. The second-order valence-corrected chi connectivity index (χ2v) is 9.50. The monoisotopic (exact) mass is 367 g/mol. The maximum Gasteiger partial charge on any atom is 0.268 e. The lowest BCUT2D eigenvalue weighted by molar-refractivity contribution is 0.0932. The van der Waals surface area contributed by atoms with Crippen molar-refractivity contribution in [3.05, 3.63) is 17.0 Å². The van der Waals surface area contributed by atoms with E-state index in [2.05, 4.69) is 17.2 Å². The fraction of sp³-hybridized carbons (Fsp3) is 0.722.